The zero-order valence-corrected chi connectivity index (χ0v) is 10.8. The van der Waals surface area contributed by atoms with Crippen molar-refractivity contribution in [3.63, 3.8) is 0 Å². The van der Waals surface area contributed by atoms with E-state index >= 15 is 0 Å². The van der Waals surface area contributed by atoms with Crippen molar-refractivity contribution in [3.8, 4) is 0 Å². The number of carbonyl (C=O) groups is 3. The van der Waals surface area contributed by atoms with Crippen molar-refractivity contribution < 1.29 is 14.4 Å². The molecule has 1 saturated heterocycles. The lowest BCUT2D eigenvalue weighted by Crippen LogP contribution is -2.51. The van der Waals surface area contributed by atoms with E-state index in [-0.39, 0.29) is 24.5 Å². The van der Waals surface area contributed by atoms with Crippen molar-refractivity contribution in [1.29, 1.82) is 0 Å². The monoisotopic (exact) mass is 256 g/mol. The van der Waals surface area contributed by atoms with Gasteiger partial charge < -0.3 is 20.4 Å². The van der Waals surface area contributed by atoms with Gasteiger partial charge in [-0.25, -0.2) is 4.79 Å². The summed E-state index contributed by atoms with van der Waals surface area (Å²) in [5.74, 6) is -0.126. The molecule has 0 saturated carbocycles. The van der Waals surface area contributed by atoms with Gasteiger partial charge in [-0.05, 0) is 13.8 Å². The maximum Gasteiger partial charge on any atom is 0.315 e. The number of amides is 4. The minimum Gasteiger partial charge on any atom is -0.342 e. The van der Waals surface area contributed by atoms with Crippen LogP contribution in [0.15, 0.2) is 0 Å². The van der Waals surface area contributed by atoms with Gasteiger partial charge in [0.25, 0.3) is 0 Å². The number of nitrogens with zero attached hydrogens (tertiary/aromatic N) is 2. The van der Waals surface area contributed by atoms with Gasteiger partial charge in [0, 0.05) is 32.2 Å². The summed E-state index contributed by atoms with van der Waals surface area (Å²) in [4.78, 5) is 36.8. The predicted octanol–water partition coefficient (Wildman–Crippen LogP) is -1.01. The molecule has 0 bridgehead atoms. The fraction of sp³-hybridized carbons (Fsp3) is 0.727. The van der Waals surface area contributed by atoms with Gasteiger partial charge in [0.1, 0.15) is 0 Å². The van der Waals surface area contributed by atoms with Crippen molar-refractivity contribution in [3.05, 3.63) is 0 Å². The van der Waals surface area contributed by atoms with Crippen LogP contribution in [0.5, 0.6) is 0 Å². The van der Waals surface area contributed by atoms with Crippen LogP contribution in [0.25, 0.3) is 0 Å². The molecule has 1 fully saturated rings. The molecule has 0 aliphatic carbocycles. The zero-order chi connectivity index (χ0) is 13.5. The van der Waals surface area contributed by atoms with Gasteiger partial charge in [0.2, 0.25) is 12.3 Å². The smallest absolute Gasteiger partial charge is 0.315 e. The number of hydrogen-bond donors (Lipinski definition) is 2. The zero-order valence-electron chi connectivity index (χ0n) is 10.8. The number of urea groups is 1. The molecule has 0 unspecified atom stereocenters. The van der Waals surface area contributed by atoms with E-state index in [0.29, 0.717) is 26.2 Å². The normalized spacial score (nSPS) is 15.5. The summed E-state index contributed by atoms with van der Waals surface area (Å²) >= 11 is 0. The summed E-state index contributed by atoms with van der Waals surface area (Å²) in [6.07, 6.45) is 0.788. The van der Waals surface area contributed by atoms with Crippen LogP contribution in [0, 0.1) is 0 Å². The Morgan fingerprint density at radius 1 is 1.22 bits per heavy atom. The summed E-state index contributed by atoms with van der Waals surface area (Å²) in [5.41, 5.74) is 0. The summed E-state index contributed by atoms with van der Waals surface area (Å²) in [7, 11) is 0. The van der Waals surface area contributed by atoms with Crippen LogP contribution >= 0.6 is 0 Å². The third-order valence-corrected chi connectivity index (χ3v) is 2.64. The molecule has 102 valence electrons. The predicted molar refractivity (Wildman–Crippen MR) is 65.9 cm³/mol. The molecule has 1 heterocycles. The minimum absolute atomic E-state index is 0.0142. The van der Waals surface area contributed by atoms with Crippen LogP contribution in [-0.4, -0.2) is 66.9 Å². The number of rotatable bonds is 4. The number of piperazine rings is 1. The Bertz CT molecular complexity index is 311. The van der Waals surface area contributed by atoms with Crippen LogP contribution < -0.4 is 10.6 Å². The van der Waals surface area contributed by atoms with Gasteiger partial charge in [-0.15, -0.1) is 0 Å². The van der Waals surface area contributed by atoms with Gasteiger partial charge in [0.15, 0.2) is 0 Å². The molecule has 0 radical (unpaired) electrons. The number of carbonyl (C=O) groups excluding carboxylic acids is 3. The second-order valence-corrected chi connectivity index (χ2v) is 4.50. The molecule has 0 aromatic heterocycles. The van der Waals surface area contributed by atoms with Gasteiger partial charge in [-0.3, -0.25) is 9.59 Å². The van der Waals surface area contributed by atoms with E-state index in [1.54, 1.807) is 9.80 Å². The highest BCUT2D eigenvalue weighted by Gasteiger charge is 2.20. The second-order valence-electron chi connectivity index (χ2n) is 4.50. The highest BCUT2D eigenvalue weighted by Crippen LogP contribution is 1.99. The molecule has 7 nitrogen and oxygen atoms in total. The molecule has 0 aromatic carbocycles. The Labute approximate surface area is 106 Å². The molecule has 1 aliphatic heterocycles. The molecule has 1 rings (SSSR count). The van der Waals surface area contributed by atoms with E-state index in [9.17, 15) is 14.4 Å². The van der Waals surface area contributed by atoms with Crippen molar-refractivity contribution in [2.24, 2.45) is 0 Å². The van der Waals surface area contributed by atoms with Crippen molar-refractivity contribution >= 4 is 18.3 Å². The van der Waals surface area contributed by atoms with Crippen molar-refractivity contribution in [2.75, 3.05) is 32.7 Å². The second kappa shape index (κ2) is 6.83. The summed E-state index contributed by atoms with van der Waals surface area (Å²) in [6, 6.07) is -0.305. The molecule has 4 amide bonds. The van der Waals surface area contributed by atoms with Gasteiger partial charge in [0.05, 0.1) is 6.54 Å². The van der Waals surface area contributed by atoms with Gasteiger partial charge >= 0.3 is 6.03 Å². The maximum atomic E-state index is 11.8. The summed E-state index contributed by atoms with van der Waals surface area (Å²) in [6.45, 7) is 5.82. The van der Waals surface area contributed by atoms with Crippen LogP contribution in [0.1, 0.15) is 13.8 Å². The SMILES string of the molecule is CC(C)NC(=O)NCC(=O)N1CCN(C=O)CC1. The van der Waals surface area contributed by atoms with E-state index in [0.717, 1.165) is 6.41 Å². The number of hydrogen-bond acceptors (Lipinski definition) is 3. The lowest BCUT2D eigenvalue weighted by atomic mass is 10.3. The molecule has 0 atom stereocenters. The van der Waals surface area contributed by atoms with Gasteiger partial charge in [-0.2, -0.15) is 0 Å². The largest absolute Gasteiger partial charge is 0.342 e. The first kappa shape index (κ1) is 14.3. The minimum atomic E-state index is -0.343. The molecule has 0 aromatic rings. The molecule has 0 spiro atoms. The fourth-order valence-corrected chi connectivity index (χ4v) is 1.66. The maximum absolute atomic E-state index is 11.8. The van der Waals surface area contributed by atoms with Crippen LogP contribution in [0.3, 0.4) is 0 Å². The third kappa shape index (κ3) is 4.60. The lowest BCUT2D eigenvalue weighted by molar-refractivity contribution is -0.134. The molecular formula is C11H20N4O3. The quantitative estimate of drug-likeness (QED) is 0.633. The molecule has 7 heteroatoms. The Morgan fingerprint density at radius 3 is 2.33 bits per heavy atom. The van der Waals surface area contributed by atoms with E-state index in [1.165, 1.54) is 0 Å². The van der Waals surface area contributed by atoms with E-state index in [4.69, 9.17) is 0 Å². The van der Waals surface area contributed by atoms with Crippen LogP contribution in [-0.2, 0) is 9.59 Å². The average Bonchev–Trinajstić information content (AvgIpc) is 2.35. The molecule has 18 heavy (non-hydrogen) atoms. The molecule has 1 aliphatic rings. The first-order valence-electron chi connectivity index (χ1n) is 6.04. The summed E-state index contributed by atoms with van der Waals surface area (Å²) in [5, 5.41) is 5.15. The Morgan fingerprint density at radius 2 is 1.83 bits per heavy atom. The average molecular weight is 256 g/mol. The van der Waals surface area contributed by atoms with E-state index in [1.807, 2.05) is 13.8 Å². The first-order valence-corrected chi connectivity index (χ1v) is 6.04. The van der Waals surface area contributed by atoms with E-state index < -0.39 is 0 Å². The lowest BCUT2D eigenvalue weighted by Gasteiger charge is -2.32. The molecular weight excluding hydrogens is 236 g/mol. The van der Waals surface area contributed by atoms with Crippen LogP contribution in [0.4, 0.5) is 4.79 Å². The van der Waals surface area contributed by atoms with Crippen molar-refractivity contribution in [1.82, 2.24) is 20.4 Å². The number of nitrogens with one attached hydrogen (secondary N) is 2. The first-order chi connectivity index (χ1) is 8.52. The Kier molecular flexibility index (Phi) is 5.41. The fourth-order valence-electron chi connectivity index (χ4n) is 1.66. The highest BCUT2D eigenvalue weighted by molar-refractivity contribution is 5.84. The van der Waals surface area contributed by atoms with E-state index in [2.05, 4.69) is 10.6 Å². The summed E-state index contributed by atoms with van der Waals surface area (Å²) < 4.78 is 0. The Hall–Kier alpha value is -1.79. The highest BCUT2D eigenvalue weighted by atomic mass is 16.2. The standard InChI is InChI=1S/C11H20N4O3/c1-9(2)13-11(18)12-7-10(17)15-5-3-14(8-16)4-6-15/h8-9H,3-7H2,1-2H3,(H2,12,13,18). The van der Waals surface area contributed by atoms with Crippen LogP contribution in [0.2, 0.25) is 0 Å². The topological polar surface area (TPSA) is 81.8 Å². The van der Waals surface area contributed by atoms with Gasteiger partial charge in [-0.1, -0.05) is 0 Å². The molecule has 2 N–H and O–H groups in total. The van der Waals surface area contributed by atoms with Crippen molar-refractivity contribution in [2.45, 2.75) is 19.9 Å². The Balaban J connectivity index is 2.25. The third-order valence-electron chi connectivity index (χ3n) is 2.64.